The largest absolute Gasteiger partial charge is 0.466 e. The van der Waals surface area contributed by atoms with Crippen LogP contribution in [-0.2, 0) is 20.7 Å². The van der Waals surface area contributed by atoms with Crippen LogP contribution in [0.3, 0.4) is 0 Å². The molecule has 5 heteroatoms. The molecule has 0 saturated heterocycles. The van der Waals surface area contributed by atoms with Gasteiger partial charge in [0.15, 0.2) is 0 Å². The maximum atomic E-state index is 11.6. The van der Waals surface area contributed by atoms with E-state index in [0.717, 1.165) is 5.56 Å². The van der Waals surface area contributed by atoms with Crippen molar-refractivity contribution in [2.45, 2.75) is 26.2 Å². The lowest BCUT2D eigenvalue weighted by Crippen LogP contribution is -2.15. The van der Waals surface area contributed by atoms with E-state index in [1.807, 2.05) is 12.1 Å². The maximum Gasteiger partial charge on any atom is 0.310 e. The Labute approximate surface area is 118 Å². The normalized spacial score (nSPS) is 10.0. The highest BCUT2D eigenvalue weighted by molar-refractivity contribution is 6.18. The van der Waals surface area contributed by atoms with Crippen molar-refractivity contribution in [3.8, 4) is 0 Å². The van der Waals surface area contributed by atoms with Crippen molar-refractivity contribution in [1.82, 2.24) is 0 Å². The first-order valence-corrected chi connectivity index (χ1v) is 6.80. The molecule has 0 saturated carbocycles. The number of ether oxygens (including phenoxy) is 1. The maximum absolute atomic E-state index is 11.6. The van der Waals surface area contributed by atoms with Crippen molar-refractivity contribution in [3.05, 3.63) is 29.8 Å². The summed E-state index contributed by atoms with van der Waals surface area (Å²) in [4.78, 5) is 23.1. The Bertz CT molecular complexity index is 434. The van der Waals surface area contributed by atoms with Gasteiger partial charge in [0.2, 0.25) is 5.91 Å². The average Bonchev–Trinajstić information content (AvgIpc) is 2.39. The van der Waals surface area contributed by atoms with Gasteiger partial charge in [-0.25, -0.2) is 0 Å². The number of amides is 1. The predicted octanol–water partition coefficient (Wildman–Crippen LogP) is 2.75. The number of esters is 1. The Hall–Kier alpha value is -1.55. The van der Waals surface area contributed by atoms with Gasteiger partial charge in [0.05, 0.1) is 13.0 Å². The lowest BCUT2D eigenvalue weighted by atomic mass is 10.1. The molecule has 1 N–H and O–H groups in total. The summed E-state index contributed by atoms with van der Waals surface area (Å²) in [6.45, 7) is 2.11. The van der Waals surface area contributed by atoms with Gasteiger partial charge in [-0.2, -0.15) is 0 Å². The molecule has 104 valence electrons. The number of anilines is 1. The van der Waals surface area contributed by atoms with Crippen molar-refractivity contribution in [2.24, 2.45) is 0 Å². The quantitative estimate of drug-likeness (QED) is 0.618. The third-order valence-corrected chi connectivity index (χ3v) is 2.74. The minimum absolute atomic E-state index is 0.100. The van der Waals surface area contributed by atoms with Gasteiger partial charge < -0.3 is 10.1 Å². The summed E-state index contributed by atoms with van der Waals surface area (Å²) in [5.41, 5.74) is 1.40. The number of nitrogens with one attached hydrogen (secondary N) is 1. The first-order chi connectivity index (χ1) is 9.17. The fraction of sp³-hybridized carbons (Fsp3) is 0.429. The van der Waals surface area contributed by atoms with Crippen LogP contribution in [0.5, 0.6) is 0 Å². The number of rotatable bonds is 7. The van der Waals surface area contributed by atoms with Gasteiger partial charge in [-0.1, -0.05) is 18.2 Å². The second-order valence-electron chi connectivity index (χ2n) is 3.98. The fourth-order valence-corrected chi connectivity index (χ4v) is 1.74. The van der Waals surface area contributed by atoms with Crippen LogP contribution in [0.4, 0.5) is 5.69 Å². The van der Waals surface area contributed by atoms with Crippen LogP contribution in [0.25, 0.3) is 0 Å². The van der Waals surface area contributed by atoms with Crippen molar-refractivity contribution >= 4 is 29.2 Å². The summed E-state index contributed by atoms with van der Waals surface area (Å²) >= 11 is 5.54. The molecule has 1 rings (SSSR count). The molecule has 0 bridgehead atoms. The van der Waals surface area contributed by atoms with Crippen molar-refractivity contribution in [2.75, 3.05) is 17.8 Å². The Kier molecular flexibility index (Phi) is 6.97. The van der Waals surface area contributed by atoms with Crippen molar-refractivity contribution < 1.29 is 14.3 Å². The van der Waals surface area contributed by atoms with Gasteiger partial charge in [0.25, 0.3) is 0 Å². The smallest absolute Gasteiger partial charge is 0.310 e. The van der Waals surface area contributed by atoms with Gasteiger partial charge in [-0.3, -0.25) is 9.59 Å². The number of hydrogen-bond acceptors (Lipinski definition) is 3. The minimum atomic E-state index is -0.301. The Morgan fingerprint density at radius 3 is 2.74 bits per heavy atom. The number of hydrogen-bond donors (Lipinski definition) is 1. The molecule has 19 heavy (non-hydrogen) atoms. The number of alkyl halides is 1. The van der Waals surface area contributed by atoms with E-state index in [4.69, 9.17) is 16.3 Å². The molecule has 0 aliphatic rings. The number of para-hydroxylation sites is 1. The van der Waals surface area contributed by atoms with Gasteiger partial charge in [-0.15, -0.1) is 11.6 Å². The third-order valence-electron chi connectivity index (χ3n) is 2.47. The zero-order valence-electron chi connectivity index (χ0n) is 10.9. The second kappa shape index (κ2) is 8.53. The summed E-state index contributed by atoms with van der Waals surface area (Å²) in [5.74, 6) is 0.0552. The molecule has 0 atom stereocenters. The lowest BCUT2D eigenvalue weighted by Gasteiger charge is -2.10. The molecule has 1 amide bonds. The molecule has 1 aromatic carbocycles. The van der Waals surface area contributed by atoms with E-state index in [9.17, 15) is 9.59 Å². The molecular formula is C14H18ClNO3. The van der Waals surface area contributed by atoms with Crippen LogP contribution >= 0.6 is 11.6 Å². The van der Waals surface area contributed by atoms with Gasteiger partial charge in [0.1, 0.15) is 0 Å². The first kappa shape index (κ1) is 15.5. The van der Waals surface area contributed by atoms with Crippen molar-refractivity contribution in [1.29, 1.82) is 0 Å². The Balaban J connectivity index is 2.67. The minimum Gasteiger partial charge on any atom is -0.466 e. The summed E-state index contributed by atoms with van der Waals surface area (Å²) in [6.07, 6.45) is 1.16. The van der Waals surface area contributed by atoms with E-state index in [1.54, 1.807) is 19.1 Å². The highest BCUT2D eigenvalue weighted by Gasteiger charge is 2.10. The van der Waals surface area contributed by atoms with E-state index >= 15 is 0 Å². The molecule has 0 unspecified atom stereocenters. The zero-order chi connectivity index (χ0) is 14.1. The van der Waals surface area contributed by atoms with Gasteiger partial charge >= 0.3 is 5.97 Å². The molecule has 1 aromatic rings. The topological polar surface area (TPSA) is 55.4 Å². The van der Waals surface area contributed by atoms with E-state index in [-0.39, 0.29) is 18.3 Å². The SMILES string of the molecule is CCOC(=O)Cc1ccccc1NC(=O)CCCCl. The second-order valence-corrected chi connectivity index (χ2v) is 4.36. The first-order valence-electron chi connectivity index (χ1n) is 6.26. The molecule has 0 aliphatic heterocycles. The molecule has 0 aromatic heterocycles. The number of carbonyl (C=O) groups is 2. The molecule has 0 spiro atoms. The van der Waals surface area contributed by atoms with Crippen LogP contribution < -0.4 is 5.32 Å². The molecule has 0 heterocycles. The monoisotopic (exact) mass is 283 g/mol. The molecule has 0 aliphatic carbocycles. The van der Waals surface area contributed by atoms with E-state index in [0.29, 0.717) is 31.0 Å². The van der Waals surface area contributed by atoms with E-state index < -0.39 is 0 Å². The fourth-order valence-electron chi connectivity index (χ4n) is 1.60. The zero-order valence-corrected chi connectivity index (χ0v) is 11.7. The van der Waals surface area contributed by atoms with Gasteiger partial charge in [-0.05, 0) is 25.0 Å². The van der Waals surface area contributed by atoms with Crippen LogP contribution in [0.15, 0.2) is 24.3 Å². The highest BCUT2D eigenvalue weighted by Crippen LogP contribution is 2.16. The molecule has 0 radical (unpaired) electrons. The third kappa shape index (κ3) is 5.75. The molecular weight excluding hydrogens is 266 g/mol. The van der Waals surface area contributed by atoms with Crippen LogP contribution in [-0.4, -0.2) is 24.4 Å². The number of benzene rings is 1. The lowest BCUT2D eigenvalue weighted by molar-refractivity contribution is -0.142. The average molecular weight is 284 g/mol. The summed E-state index contributed by atoms with van der Waals surface area (Å²) < 4.78 is 4.90. The Morgan fingerprint density at radius 1 is 1.32 bits per heavy atom. The number of halogens is 1. The van der Waals surface area contributed by atoms with Gasteiger partial charge in [0, 0.05) is 18.0 Å². The number of carbonyl (C=O) groups excluding carboxylic acids is 2. The molecule has 0 fully saturated rings. The summed E-state index contributed by atoms with van der Waals surface area (Å²) in [7, 11) is 0. The standard InChI is InChI=1S/C14H18ClNO3/c1-2-19-14(18)10-11-6-3-4-7-12(11)16-13(17)8-5-9-15/h3-4,6-7H,2,5,8-10H2,1H3,(H,16,17). The van der Waals surface area contributed by atoms with Crippen LogP contribution in [0.1, 0.15) is 25.3 Å². The summed E-state index contributed by atoms with van der Waals surface area (Å²) in [5, 5.41) is 2.79. The molecule has 4 nitrogen and oxygen atoms in total. The predicted molar refractivity (Wildman–Crippen MR) is 75.4 cm³/mol. The van der Waals surface area contributed by atoms with Crippen LogP contribution in [0.2, 0.25) is 0 Å². The highest BCUT2D eigenvalue weighted by atomic mass is 35.5. The van der Waals surface area contributed by atoms with Crippen molar-refractivity contribution in [3.63, 3.8) is 0 Å². The van der Waals surface area contributed by atoms with E-state index in [1.165, 1.54) is 0 Å². The van der Waals surface area contributed by atoms with E-state index in [2.05, 4.69) is 5.32 Å². The Morgan fingerprint density at radius 2 is 2.05 bits per heavy atom. The summed E-state index contributed by atoms with van der Waals surface area (Å²) in [6, 6.07) is 7.20. The van der Waals surface area contributed by atoms with Crippen LogP contribution in [0, 0.1) is 0 Å².